The lowest BCUT2D eigenvalue weighted by molar-refractivity contribution is 0.105. The van der Waals surface area contributed by atoms with Crippen molar-refractivity contribution in [1.29, 1.82) is 0 Å². The van der Waals surface area contributed by atoms with Gasteiger partial charge in [0.25, 0.3) is 0 Å². The van der Waals surface area contributed by atoms with Crippen LogP contribution in [0.2, 0.25) is 10.0 Å². The molecular weight excluding hydrogens is 420 g/mol. The zero-order valence-electron chi connectivity index (χ0n) is 14.7. The third-order valence-electron chi connectivity index (χ3n) is 3.95. The number of carbonyl (C=O) groups is 1. The van der Waals surface area contributed by atoms with E-state index in [1.54, 1.807) is 37.3 Å². The van der Waals surface area contributed by atoms with Crippen LogP contribution >= 0.6 is 34.5 Å². The van der Waals surface area contributed by atoms with Gasteiger partial charge < -0.3 is 5.11 Å². The molecule has 3 rings (SSSR count). The van der Waals surface area contributed by atoms with E-state index in [0.717, 1.165) is 0 Å². The number of allylic oxidation sites excluding steroid dienone is 1. The summed E-state index contributed by atoms with van der Waals surface area (Å²) in [6.45, 7) is 5.04. The SMILES string of the molecule is C=C(F)c1cccc(-c2nc(C)c(C(=O)/C=C/c3ccc(O)c(Cl)c3Cl)s2)c1. The van der Waals surface area contributed by atoms with Crippen LogP contribution in [0.1, 0.15) is 26.5 Å². The highest BCUT2D eigenvalue weighted by Gasteiger charge is 2.15. The van der Waals surface area contributed by atoms with Gasteiger partial charge in [-0.2, -0.15) is 0 Å². The van der Waals surface area contributed by atoms with Gasteiger partial charge in [-0.3, -0.25) is 4.79 Å². The Morgan fingerprint density at radius 3 is 2.71 bits per heavy atom. The minimum Gasteiger partial charge on any atom is -0.506 e. The van der Waals surface area contributed by atoms with Crippen molar-refractivity contribution in [2.24, 2.45) is 0 Å². The number of hydrogen-bond acceptors (Lipinski definition) is 4. The first-order valence-corrected chi connectivity index (χ1v) is 9.67. The Labute approximate surface area is 175 Å². The summed E-state index contributed by atoms with van der Waals surface area (Å²) in [7, 11) is 0. The number of rotatable bonds is 5. The standard InChI is InChI=1S/C21H14Cl2FNO2S/c1-11(24)14-4-3-5-15(10-14)21-25-12(2)20(28-21)17(27)9-7-13-6-8-16(26)19(23)18(13)22/h3-10,26H,1H2,2H3/b9-7+. The normalized spacial score (nSPS) is 11.1. The van der Waals surface area contributed by atoms with E-state index >= 15 is 0 Å². The molecule has 3 aromatic rings. The van der Waals surface area contributed by atoms with Gasteiger partial charge >= 0.3 is 0 Å². The lowest BCUT2D eigenvalue weighted by Gasteiger charge is -2.02. The monoisotopic (exact) mass is 433 g/mol. The maximum absolute atomic E-state index is 13.4. The van der Waals surface area contributed by atoms with E-state index in [1.165, 1.54) is 29.6 Å². The van der Waals surface area contributed by atoms with E-state index in [0.29, 0.717) is 32.3 Å². The van der Waals surface area contributed by atoms with Gasteiger partial charge in [-0.1, -0.05) is 48.0 Å². The van der Waals surface area contributed by atoms with Crippen molar-refractivity contribution in [2.45, 2.75) is 6.92 Å². The molecule has 142 valence electrons. The van der Waals surface area contributed by atoms with Gasteiger partial charge in [-0.25, -0.2) is 9.37 Å². The van der Waals surface area contributed by atoms with Crippen LogP contribution in [0.5, 0.6) is 5.75 Å². The van der Waals surface area contributed by atoms with E-state index in [9.17, 15) is 14.3 Å². The highest BCUT2D eigenvalue weighted by Crippen LogP contribution is 2.35. The Kier molecular flexibility index (Phi) is 5.98. The number of nitrogens with zero attached hydrogens (tertiary/aromatic N) is 1. The highest BCUT2D eigenvalue weighted by atomic mass is 35.5. The largest absolute Gasteiger partial charge is 0.506 e. The lowest BCUT2D eigenvalue weighted by atomic mass is 10.1. The maximum Gasteiger partial charge on any atom is 0.197 e. The van der Waals surface area contributed by atoms with Crippen molar-refractivity contribution < 1.29 is 14.3 Å². The molecule has 0 saturated heterocycles. The van der Waals surface area contributed by atoms with Gasteiger partial charge in [0.1, 0.15) is 21.6 Å². The van der Waals surface area contributed by atoms with Crippen molar-refractivity contribution in [2.75, 3.05) is 0 Å². The van der Waals surface area contributed by atoms with Crippen molar-refractivity contribution in [3.63, 3.8) is 0 Å². The van der Waals surface area contributed by atoms with Crippen LogP contribution in [-0.4, -0.2) is 15.9 Å². The molecule has 3 nitrogen and oxygen atoms in total. The van der Waals surface area contributed by atoms with Gasteiger partial charge in [-0.05, 0) is 42.8 Å². The summed E-state index contributed by atoms with van der Waals surface area (Å²) in [6.07, 6.45) is 2.90. The van der Waals surface area contributed by atoms with Crippen molar-refractivity contribution in [3.8, 4) is 16.3 Å². The molecule has 1 aromatic heterocycles. The topological polar surface area (TPSA) is 50.2 Å². The average molecular weight is 434 g/mol. The second kappa shape index (κ2) is 8.27. The van der Waals surface area contributed by atoms with Crippen LogP contribution in [0, 0.1) is 6.92 Å². The number of phenols is 1. The molecule has 0 unspecified atom stereocenters. The van der Waals surface area contributed by atoms with Gasteiger partial charge in [0.05, 0.1) is 15.6 Å². The van der Waals surface area contributed by atoms with Crippen molar-refractivity contribution in [1.82, 2.24) is 4.98 Å². The summed E-state index contributed by atoms with van der Waals surface area (Å²) < 4.78 is 13.4. The lowest BCUT2D eigenvalue weighted by Crippen LogP contribution is -1.93. The van der Waals surface area contributed by atoms with E-state index in [-0.39, 0.29) is 21.6 Å². The zero-order chi connectivity index (χ0) is 20.4. The molecule has 0 saturated carbocycles. The van der Waals surface area contributed by atoms with E-state index in [1.807, 2.05) is 0 Å². The molecule has 2 aromatic carbocycles. The Morgan fingerprint density at radius 2 is 2.00 bits per heavy atom. The number of aryl methyl sites for hydroxylation is 1. The molecular formula is C21H14Cl2FNO2S. The Bertz CT molecular complexity index is 1120. The summed E-state index contributed by atoms with van der Waals surface area (Å²) in [6, 6.07) is 9.74. The number of halogens is 3. The summed E-state index contributed by atoms with van der Waals surface area (Å²) in [4.78, 5) is 17.5. The summed E-state index contributed by atoms with van der Waals surface area (Å²) >= 11 is 13.2. The van der Waals surface area contributed by atoms with Crippen LogP contribution in [0.15, 0.2) is 49.1 Å². The van der Waals surface area contributed by atoms with Crippen LogP contribution < -0.4 is 0 Å². The Hall–Kier alpha value is -2.47. The Morgan fingerprint density at radius 1 is 1.25 bits per heavy atom. The third-order valence-corrected chi connectivity index (χ3v) is 6.06. The first-order valence-electron chi connectivity index (χ1n) is 8.10. The highest BCUT2D eigenvalue weighted by molar-refractivity contribution is 7.17. The number of hydrogen-bond donors (Lipinski definition) is 1. The molecule has 1 heterocycles. The molecule has 7 heteroatoms. The Balaban J connectivity index is 1.89. The molecule has 0 aliphatic rings. The predicted molar refractivity (Wildman–Crippen MR) is 114 cm³/mol. The first kappa shape index (κ1) is 20.3. The van der Waals surface area contributed by atoms with Gasteiger partial charge in [0.2, 0.25) is 0 Å². The fourth-order valence-corrected chi connectivity index (χ4v) is 3.87. The van der Waals surface area contributed by atoms with E-state index in [4.69, 9.17) is 23.2 Å². The number of carbonyl (C=O) groups excluding carboxylic acids is 1. The maximum atomic E-state index is 13.4. The zero-order valence-corrected chi connectivity index (χ0v) is 17.0. The molecule has 0 fully saturated rings. The third kappa shape index (κ3) is 4.17. The van der Waals surface area contributed by atoms with Gasteiger partial charge in [0.15, 0.2) is 5.78 Å². The molecule has 0 aliphatic heterocycles. The molecule has 0 radical (unpaired) electrons. The number of aromatic hydroxyl groups is 1. The number of aromatic nitrogens is 1. The molecule has 0 bridgehead atoms. The quantitative estimate of drug-likeness (QED) is 0.349. The second-order valence-corrected chi connectivity index (χ2v) is 7.67. The first-order chi connectivity index (χ1) is 13.3. The van der Waals surface area contributed by atoms with E-state index < -0.39 is 5.83 Å². The van der Waals surface area contributed by atoms with Crippen molar-refractivity contribution >= 4 is 52.2 Å². The molecule has 0 atom stereocenters. The molecule has 28 heavy (non-hydrogen) atoms. The summed E-state index contributed by atoms with van der Waals surface area (Å²) in [5.41, 5.74) is 2.17. The predicted octanol–water partition coefficient (Wildman–Crippen LogP) is 6.97. The molecule has 1 N–H and O–H groups in total. The number of thiazole rings is 1. The minimum absolute atomic E-state index is 0.0295. The smallest absolute Gasteiger partial charge is 0.197 e. The van der Waals surface area contributed by atoms with Crippen molar-refractivity contribution in [3.05, 3.63) is 80.8 Å². The minimum atomic E-state index is -0.529. The second-order valence-electron chi connectivity index (χ2n) is 5.92. The van der Waals surface area contributed by atoms with Gasteiger partial charge in [-0.15, -0.1) is 11.3 Å². The summed E-state index contributed by atoms with van der Waals surface area (Å²) in [5.74, 6) is -0.900. The fourth-order valence-electron chi connectivity index (χ4n) is 2.49. The summed E-state index contributed by atoms with van der Waals surface area (Å²) in [5, 5.41) is 10.3. The molecule has 0 amide bonds. The molecule has 0 spiro atoms. The van der Waals surface area contributed by atoms with Gasteiger partial charge in [0, 0.05) is 11.1 Å². The fraction of sp³-hybridized carbons (Fsp3) is 0.0476. The number of ketones is 1. The van der Waals surface area contributed by atoms with Crippen LogP contribution in [0.3, 0.4) is 0 Å². The van der Waals surface area contributed by atoms with Crippen LogP contribution in [-0.2, 0) is 0 Å². The van der Waals surface area contributed by atoms with Crippen LogP contribution in [0.25, 0.3) is 22.5 Å². The number of benzene rings is 2. The van der Waals surface area contributed by atoms with E-state index in [2.05, 4.69) is 11.6 Å². The molecule has 0 aliphatic carbocycles. The average Bonchev–Trinajstić information content (AvgIpc) is 3.07. The van der Waals surface area contributed by atoms with Crippen LogP contribution in [0.4, 0.5) is 4.39 Å². The number of phenolic OH excluding ortho intramolecular Hbond substituents is 1.